The molecule has 0 bridgehead atoms. The van der Waals surface area contributed by atoms with Gasteiger partial charge in [0.25, 0.3) is 0 Å². The van der Waals surface area contributed by atoms with Crippen LogP contribution in [-0.4, -0.2) is 32.8 Å². The predicted molar refractivity (Wildman–Crippen MR) is 88.1 cm³/mol. The van der Waals surface area contributed by atoms with Crippen LogP contribution in [0.2, 0.25) is 0 Å². The Morgan fingerprint density at radius 2 is 2.09 bits per heavy atom. The monoisotopic (exact) mass is 318 g/mol. The van der Waals surface area contributed by atoms with Crippen LogP contribution in [0, 0.1) is 13.8 Å². The lowest BCUT2D eigenvalue weighted by atomic mass is 10.1. The molecule has 2 heterocycles. The number of amides is 1. The highest BCUT2D eigenvalue weighted by molar-refractivity contribution is 5.76. The smallest absolute Gasteiger partial charge is 0.223 e. The number of hydrogen-bond donors (Lipinski definition) is 0. The summed E-state index contributed by atoms with van der Waals surface area (Å²) in [7, 11) is 3.72. The molecule has 2 aromatic heterocycles. The van der Waals surface area contributed by atoms with Crippen LogP contribution in [0.4, 0.5) is 0 Å². The lowest BCUT2D eigenvalue weighted by molar-refractivity contribution is -0.130. The molecule has 0 atom stereocenters. The van der Waals surface area contributed by atoms with Gasteiger partial charge in [0, 0.05) is 32.3 Å². The van der Waals surface area contributed by atoms with Crippen molar-refractivity contribution in [1.82, 2.24) is 19.8 Å². The number of nitrogens with zero attached hydrogens (tertiary/aromatic N) is 4. The molecule has 2 rings (SSSR count). The van der Waals surface area contributed by atoms with Crippen LogP contribution in [-0.2, 0) is 24.8 Å². The maximum Gasteiger partial charge on any atom is 0.223 e. The summed E-state index contributed by atoms with van der Waals surface area (Å²) in [6, 6.07) is 1.92. The van der Waals surface area contributed by atoms with Gasteiger partial charge in [-0.1, -0.05) is 19.0 Å². The molecule has 0 saturated carbocycles. The first-order valence-electron chi connectivity index (χ1n) is 7.98. The average molecular weight is 318 g/mol. The summed E-state index contributed by atoms with van der Waals surface area (Å²) in [5.41, 5.74) is 4.20. The second-order valence-electron chi connectivity index (χ2n) is 6.40. The van der Waals surface area contributed by atoms with Crippen molar-refractivity contribution in [2.75, 3.05) is 7.05 Å². The Balaban J connectivity index is 1.92. The van der Waals surface area contributed by atoms with E-state index in [1.54, 1.807) is 11.9 Å². The molecule has 0 aliphatic heterocycles. The van der Waals surface area contributed by atoms with Gasteiger partial charge in [-0.25, -0.2) is 0 Å². The molecule has 0 unspecified atom stereocenters. The van der Waals surface area contributed by atoms with Gasteiger partial charge in [-0.3, -0.25) is 9.48 Å². The highest BCUT2D eigenvalue weighted by atomic mass is 16.5. The number of hydrogen-bond acceptors (Lipinski definition) is 4. The largest absolute Gasteiger partial charge is 0.359 e. The van der Waals surface area contributed by atoms with Crippen LogP contribution in [0.15, 0.2) is 10.6 Å². The molecular formula is C17H26N4O2. The van der Waals surface area contributed by atoms with E-state index in [1.807, 2.05) is 31.6 Å². The van der Waals surface area contributed by atoms with E-state index in [0.29, 0.717) is 25.3 Å². The Bertz CT molecular complexity index is 685. The number of rotatable bonds is 6. The van der Waals surface area contributed by atoms with Crippen LogP contribution in [0.1, 0.15) is 54.6 Å². The predicted octanol–water partition coefficient (Wildman–Crippen LogP) is 2.74. The molecule has 6 nitrogen and oxygen atoms in total. The Morgan fingerprint density at radius 3 is 2.61 bits per heavy atom. The van der Waals surface area contributed by atoms with Crippen molar-refractivity contribution in [2.45, 2.75) is 53.0 Å². The molecule has 0 aliphatic rings. The number of carbonyl (C=O) groups is 1. The second-order valence-corrected chi connectivity index (χ2v) is 6.40. The van der Waals surface area contributed by atoms with Gasteiger partial charge in [0.2, 0.25) is 5.91 Å². The van der Waals surface area contributed by atoms with Crippen LogP contribution < -0.4 is 0 Å². The Labute approximate surface area is 137 Å². The highest BCUT2D eigenvalue weighted by Crippen LogP contribution is 2.17. The van der Waals surface area contributed by atoms with Gasteiger partial charge in [0.15, 0.2) is 5.76 Å². The molecule has 0 spiro atoms. The molecule has 0 fully saturated rings. The number of aromatic nitrogens is 3. The van der Waals surface area contributed by atoms with E-state index in [2.05, 4.69) is 24.1 Å². The Hall–Kier alpha value is -2.11. The van der Waals surface area contributed by atoms with Crippen molar-refractivity contribution in [2.24, 2.45) is 7.05 Å². The van der Waals surface area contributed by atoms with E-state index in [9.17, 15) is 4.79 Å². The summed E-state index contributed by atoms with van der Waals surface area (Å²) in [5.74, 6) is 1.14. The van der Waals surface area contributed by atoms with E-state index in [4.69, 9.17) is 4.52 Å². The topological polar surface area (TPSA) is 64.2 Å². The zero-order valence-electron chi connectivity index (χ0n) is 14.9. The zero-order valence-corrected chi connectivity index (χ0v) is 14.9. The molecule has 0 saturated heterocycles. The van der Waals surface area contributed by atoms with E-state index >= 15 is 0 Å². The van der Waals surface area contributed by atoms with E-state index in [0.717, 1.165) is 28.4 Å². The lowest BCUT2D eigenvalue weighted by Gasteiger charge is -2.15. The van der Waals surface area contributed by atoms with Gasteiger partial charge in [0.05, 0.1) is 17.9 Å². The molecule has 0 N–H and O–H groups in total. The molecule has 126 valence electrons. The molecule has 2 aromatic rings. The van der Waals surface area contributed by atoms with Gasteiger partial charge in [-0.2, -0.15) is 5.10 Å². The molecule has 0 aliphatic carbocycles. The van der Waals surface area contributed by atoms with E-state index < -0.39 is 0 Å². The van der Waals surface area contributed by atoms with Gasteiger partial charge < -0.3 is 9.42 Å². The fourth-order valence-electron chi connectivity index (χ4n) is 2.60. The third-order valence-electron chi connectivity index (χ3n) is 4.24. The van der Waals surface area contributed by atoms with E-state index in [-0.39, 0.29) is 5.91 Å². The van der Waals surface area contributed by atoms with E-state index in [1.165, 1.54) is 0 Å². The molecular weight excluding hydrogens is 292 g/mol. The molecule has 0 radical (unpaired) electrons. The summed E-state index contributed by atoms with van der Waals surface area (Å²) < 4.78 is 7.16. The summed E-state index contributed by atoms with van der Waals surface area (Å²) in [5, 5.41) is 8.41. The number of carbonyl (C=O) groups excluding carboxylic acids is 1. The van der Waals surface area contributed by atoms with Crippen molar-refractivity contribution in [3.63, 3.8) is 0 Å². The lowest BCUT2D eigenvalue weighted by Crippen LogP contribution is -2.26. The van der Waals surface area contributed by atoms with Crippen molar-refractivity contribution < 1.29 is 9.32 Å². The zero-order chi connectivity index (χ0) is 17.1. The molecule has 0 aromatic carbocycles. The SMILES string of the molecule is Cc1nn(C)c(C)c1CCC(=O)N(C)Cc1cc(C(C)C)no1. The van der Waals surface area contributed by atoms with Crippen molar-refractivity contribution in [3.8, 4) is 0 Å². The minimum Gasteiger partial charge on any atom is -0.359 e. The minimum atomic E-state index is 0.0927. The first kappa shape index (κ1) is 17.2. The summed E-state index contributed by atoms with van der Waals surface area (Å²) >= 11 is 0. The van der Waals surface area contributed by atoms with Gasteiger partial charge in [0.1, 0.15) is 0 Å². The first-order chi connectivity index (χ1) is 10.8. The maximum absolute atomic E-state index is 12.3. The maximum atomic E-state index is 12.3. The first-order valence-corrected chi connectivity index (χ1v) is 7.98. The summed E-state index contributed by atoms with van der Waals surface area (Å²) in [6.45, 7) is 8.59. The van der Waals surface area contributed by atoms with Gasteiger partial charge >= 0.3 is 0 Å². The van der Waals surface area contributed by atoms with Crippen LogP contribution in [0.25, 0.3) is 0 Å². The quantitative estimate of drug-likeness (QED) is 0.821. The fourth-order valence-corrected chi connectivity index (χ4v) is 2.60. The van der Waals surface area contributed by atoms with Crippen LogP contribution >= 0.6 is 0 Å². The Morgan fingerprint density at radius 1 is 1.39 bits per heavy atom. The summed E-state index contributed by atoms with van der Waals surface area (Å²) in [6.07, 6.45) is 1.18. The molecule has 6 heteroatoms. The second kappa shape index (κ2) is 6.98. The van der Waals surface area contributed by atoms with Crippen molar-refractivity contribution in [1.29, 1.82) is 0 Å². The van der Waals surface area contributed by atoms with Gasteiger partial charge in [-0.05, 0) is 31.7 Å². The molecule has 1 amide bonds. The van der Waals surface area contributed by atoms with Crippen molar-refractivity contribution in [3.05, 3.63) is 34.5 Å². The Kier molecular flexibility index (Phi) is 5.23. The average Bonchev–Trinajstić information content (AvgIpc) is 3.03. The standard InChI is InChI=1S/C17H26N4O2/c1-11(2)16-9-14(23-19-16)10-20(5)17(22)8-7-15-12(3)18-21(6)13(15)4/h9,11H,7-8,10H2,1-6H3. The third-order valence-corrected chi connectivity index (χ3v) is 4.24. The summed E-state index contributed by atoms with van der Waals surface area (Å²) in [4.78, 5) is 14.0. The minimum absolute atomic E-state index is 0.0927. The molecule has 23 heavy (non-hydrogen) atoms. The highest BCUT2D eigenvalue weighted by Gasteiger charge is 2.16. The normalized spacial score (nSPS) is 11.3. The third kappa shape index (κ3) is 4.00. The van der Waals surface area contributed by atoms with Crippen LogP contribution in [0.3, 0.4) is 0 Å². The fraction of sp³-hybridized carbons (Fsp3) is 0.588. The van der Waals surface area contributed by atoms with Crippen molar-refractivity contribution >= 4 is 5.91 Å². The van der Waals surface area contributed by atoms with Gasteiger partial charge in [-0.15, -0.1) is 0 Å². The van der Waals surface area contributed by atoms with Crippen LogP contribution in [0.5, 0.6) is 0 Å². The number of aryl methyl sites for hydroxylation is 2.